The van der Waals surface area contributed by atoms with Crippen LogP contribution in [0.1, 0.15) is 13.3 Å². The summed E-state index contributed by atoms with van der Waals surface area (Å²) in [7, 11) is 1.08. The van der Waals surface area contributed by atoms with E-state index in [2.05, 4.69) is 0 Å². The van der Waals surface area contributed by atoms with Gasteiger partial charge in [-0.2, -0.15) is 13.2 Å². The van der Waals surface area contributed by atoms with Gasteiger partial charge in [0.25, 0.3) is 0 Å². The molecule has 0 aliphatic heterocycles. The van der Waals surface area contributed by atoms with Crippen LogP contribution in [-0.4, -0.2) is 53.0 Å². The highest BCUT2D eigenvalue weighted by Gasteiger charge is 2.44. The van der Waals surface area contributed by atoms with Crippen molar-refractivity contribution in [2.24, 2.45) is 0 Å². The lowest BCUT2D eigenvalue weighted by Gasteiger charge is -2.31. The van der Waals surface area contributed by atoms with Crippen LogP contribution in [0.4, 0.5) is 13.2 Å². The van der Waals surface area contributed by atoms with Gasteiger partial charge in [0.05, 0.1) is 0 Å². The van der Waals surface area contributed by atoms with Gasteiger partial charge in [0.2, 0.25) is 0 Å². The number of carbonyl (C=O) groups is 1. The molecule has 0 aliphatic rings. The fraction of sp³-hybridized carbons (Fsp3) is 0.875. The largest absolute Gasteiger partial charge is 0.480 e. The molecule has 4 nitrogen and oxygen atoms in total. The molecule has 0 saturated heterocycles. The number of carboxylic acid groups (broad SMARTS) is 1. The van der Waals surface area contributed by atoms with Crippen LogP contribution in [0.25, 0.3) is 0 Å². The summed E-state index contributed by atoms with van der Waals surface area (Å²) in [6, 6.07) is -3.18. The average molecular weight is 229 g/mol. The Balaban J connectivity index is 4.69. The topological polar surface area (TPSA) is 60.8 Å². The second kappa shape index (κ2) is 5.32. The zero-order chi connectivity index (χ0) is 12.2. The lowest BCUT2D eigenvalue weighted by molar-refractivity contribution is -0.191. The lowest BCUT2D eigenvalue weighted by atomic mass is 10.1. The molecular formula is C8H14F3NO3. The molecule has 1 unspecified atom stereocenters. The zero-order valence-corrected chi connectivity index (χ0v) is 8.45. The molecule has 0 aromatic carbocycles. The highest BCUT2D eigenvalue weighted by atomic mass is 19.4. The maximum Gasteiger partial charge on any atom is 0.404 e. The molecule has 15 heavy (non-hydrogen) atoms. The van der Waals surface area contributed by atoms with Crippen LogP contribution in [0.2, 0.25) is 0 Å². The highest BCUT2D eigenvalue weighted by molar-refractivity contribution is 5.72. The third-order valence-corrected chi connectivity index (χ3v) is 2.24. The summed E-state index contributed by atoms with van der Waals surface area (Å²) in [4.78, 5) is 11.2. The van der Waals surface area contributed by atoms with Gasteiger partial charge in [-0.05, 0) is 20.4 Å². The standard InChI is InChI=1S/C8H14F3NO3/c1-5(7(14)15)12(2)6(3-4-13)8(9,10)11/h5-6,13H,3-4H2,1-2H3,(H,14,15)/t5-,6?/m0/s1. The minimum atomic E-state index is -4.54. The molecule has 0 aliphatic carbocycles. The van der Waals surface area contributed by atoms with E-state index in [0.29, 0.717) is 4.90 Å². The molecule has 0 spiro atoms. The van der Waals surface area contributed by atoms with Gasteiger partial charge in [-0.25, -0.2) is 0 Å². The Morgan fingerprint density at radius 3 is 2.20 bits per heavy atom. The molecule has 0 fully saturated rings. The van der Waals surface area contributed by atoms with Crippen molar-refractivity contribution in [2.45, 2.75) is 31.6 Å². The summed E-state index contributed by atoms with van der Waals surface area (Å²) in [5.74, 6) is -1.33. The lowest BCUT2D eigenvalue weighted by Crippen LogP contribution is -2.50. The van der Waals surface area contributed by atoms with E-state index in [1.54, 1.807) is 0 Å². The maximum atomic E-state index is 12.4. The number of aliphatic carboxylic acids is 1. The van der Waals surface area contributed by atoms with E-state index in [1.165, 1.54) is 6.92 Å². The number of alkyl halides is 3. The van der Waals surface area contributed by atoms with Crippen molar-refractivity contribution in [3.8, 4) is 0 Å². The highest BCUT2D eigenvalue weighted by Crippen LogP contribution is 2.27. The molecule has 2 atom stereocenters. The fourth-order valence-electron chi connectivity index (χ4n) is 1.16. The van der Waals surface area contributed by atoms with Crippen molar-refractivity contribution in [1.82, 2.24) is 4.90 Å². The van der Waals surface area contributed by atoms with Gasteiger partial charge < -0.3 is 10.2 Å². The van der Waals surface area contributed by atoms with Crippen LogP contribution in [0.5, 0.6) is 0 Å². The maximum absolute atomic E-state index is 12.4. The van der Waals surface area contributed by atoms with Gasteiger partial charge in [0.1, 0.15) is 12.1 Å². The Morgan fingerprint density at radius 1 is 1.47 bits per heavy atom. The van der Waals surface area contributed by atoms with Crippen molar-refractivity contribution >= 4 is 5.97 Å². The first-order valence-electron chi connectivity index (χ1n) is 4.34. The Labute approximate surface area is 85.3 Å². The predicted octanol–water partition coefficient (Wildman–Crippen LogP) is 0.705. The smallest absolute Gasteiger partial charge is 0.404 e. The average Bonchev–Trinajstić information content (AvgIpc) is 2.09. The molecular weight excluding hydrogens is 215 g/mol. The molecule has 0 aromatic rings. The molecule has 0 heterocycles. The molecule has 90 valence electrons. The number of nitrogens with zero attached hydrogens (tertiary/aromatic N) is 1. The third kappa shape index (κ3) is 4.05. The van der Waals surface area contributed by atoms with Gasteiger partial charge in [0, 0.05) is 6.61 Å². The van der Waals surface area contributed by atoms with Crippen molar-refractivity contribution in [3.05, 3.63) is 0 Å². The Kier molecular flexibility index (Phi) is 5.02. The molecule has 0 rings (SSSR count). The number of halogens is 3. The zero-order valence-electron chi connectivity index (χ0n) is 8.45. The first kappa shape index (κ1) is 14.2. The molecule has 2 N–H and O–H groups in total. The Bertz CT molecular complexity index is 220. The number of rotatable bonds is 5. The van der Waals surface area contributed by atoms with E-state index in [0.717, 1.165) is 7.05 Å². The fourth-order valence-corrected chi connectivity index (χ4v) is 1.16. The second-order valence-electron chi connectivity index (χ2n) is 3.25. The van der Waals surface area contributed by atoms with Gasteiger partial charge in [-0.1, -0.05) is 0 Å². The predicted molar refractivity (Wildman–Crippen MR) is 46.4 cm³/mol. The van der Waals surface area contributed by atoms with E-state index in [9.17, 15) is 18.0 Å². The van der Waals surface area contributed by atoms with Crippen molar-refractivity contribution < 1.29 is 28.2 Å². The van der Waals surface area contributed by atoms with E-state index < -0.39 is 37.3 Å². The van der Waals surface area contributed by atoms with Crippen molar-refractivity contribution in [3.63, 3.8) is 0 Å². The van der Waals surface area contributed by atoms with Gasteiger partial charge >= 0.3 is 12.1 Å². The Morgan fingerprint density at radius 2 is 1.93 bits per heavy atom. The van der Waals surface area contributed by atoms with Crippen molar-refractivity contribution in [2.75, 3.05) is 13.7 Å². The third-order valence-electron chi connectivity index (χ3n) is 2.24. The van der Waals surface area contributed by atoms with E-state index in [4.69, 9.17) is 10.2 Å². The molecule has 7 heteroatoms. The van der Waals surface area contributed by atoms with Gasteiger partial charge in [0.15, 0.2) is 0 Å². The quantitative estimate of drug-likeness (QED) is 0.728. The van der Waals surface area contributed by atoms with E-state index in [-0.39, 0.29) is 0 Å². The minimum Gasteiger partial charge on any atom is -0.480 e. The first-order chi connectivity index (χ1) is 6.71. The SMILES string of the molecule is C[C@@H](C(=O)O)N(C)C(CCO)C(F)(F)F. The molecule has 0 radical (unpaired) electrons. The van der Waals surface area contributed by atoms with Crippen LogP contribution in [0.15, 0.2) is 0 Å². The number of carboxylic acids is 1. The van der Waals surface area contributed by atoms with Crippen LogP contribution in [0, 0.1) is 0 Å². The second-order valence-corrected chi connectivity index (χ2v) is 3.25. The Hall–Kier alpha value is -0.820. The van der Waals surface area contributed by atoms with Crippen LogP contribution in [-0.2, 0) is 4.79 Å². The first-order valence-corrected chi connectivity index (χ1v) is 4.34. The summed E-state index contributed by atoms with van der Waals surface area (Å²) >= 11 is 0. The van der Waals surface area contributed by atoms with Gasteiger partial charge in [-0.3, -0.25) is 9.69 Å². The summed E-state index contributed by atoms with van der Waals surface area (Å²) in [5.41, 5.74) is 0. The number of likely N-dealkylation sites (N-methyl/N-ethyl adjacent to an activating group) is 1. The molecule has 0 amide bonds. The van der Waals surface area contributed by atoms with Crippen LogP contribution >= 0.6 is 0 Å². The molecule has 0 saturated carbocycles. The normalized spacial score (nSPS) is 16.5. The molecule has 0 aromatic heterocycles. The van der Waals surface area contributed by atoms with Crippen LogP contribution in [0.3, 0.4) is 0 Å². The van der Waals surface area contributed by atoms with Crippen LogP contribution < -0.4 is 0 Å². The van der Waals surface area contributed by atoms with Gasteiger partial charge in [-0.15, -0.1) is 0 Å². The minimum absolute atomic E-state index is 0.530. The van der Waals surface area contributed by atoms with E-state index in [1.807, 2.05) is 0 Å². The monoisotopic (exact) mass is 229 g/mol. The number of hydrogen-bond acceptors (Lipinski definition) is 3. The molecule has 0 bridgehead atoms. The summed E-state index contributed by atoms with van der Waals surface area (Å²) in [6.45, 7) is 0.527. The van der Waals surface area contributed by atoms with E-state index >= 15 is 0 Å². The number of hydrogen-bond donors (Lipinski definition) is 2. The summed E-state index contributed by atoms with van der Waals surface area (Å²) < 4.78 is 37.3. The van der Waals surface area contributed by atoms with Crippen molar-refractivity contribution in [1.29, 1.82) is 0 Å². The summed E-state index contributed by atoms with van der Waals surface area (Å²) in [5, 5.41) is 17.1. The number of aliphatic hydroxyl groups is 1. The number of aliphatic hydroxyl groups excluding tert-OH is 1. The summed E-state index contributed by atoms with van der Waals surface area (Å²) in [6.07, 6.45) is -5.07.